The molecule has 4 heteroatoms. The van der Waals surface area contributed by atoms with Crippen LogP contribution in [-0.2, 0) is 6.42 Å². The lowest BCUT2D eigenvalue weighted by Gasteiger charge is -2.18. The Bertz CT molecular complexity index is 572. The molecule has 0 bridgehead atoms. The van der Waals surface area contributed by atoms with Crippen molar-refractivity contribution in [1.29, 1.82) is 0 Å². The van der Waals surface area contributed by atoms with Gasteiger partial charge in [-0.25, -0.2) is 4.79 Å². The number of halogens is 1. The summed E-state index contributed by atoms with van der Waals surface area (Å²) in [6.07, 6.45) is 0.801. The summed E-state index contributed by atoms with van der Waals surface area (Å²) < 4.78 is 1.07. The van der Waals surface area contributed by atoms with Crippen LogP contribution in [0.25, 0.3) is 0 Å². The number of para-hydroxylation sites is 1. The fourth-order valence-electron chi connectivity index (χ4n) is 1.89. The number of amides is 2. The maximum absolute atomic E-state index is 12.0. The standard InChI is InChI=1S/C16H17BrN2O/c1-19(14-8-3-2-4-9-14)16(20)18-12-11-13-7-5-6-10-15(13)17/h2-10H,11-12H2,1H3,(H,18,20). The molecule has 3 nitrogen and oxygen atoms in total. The van der Waals surface area contributed by atoms with Crippen LogP contribution >= 0.6 is 15.9 Å². The van der Waals surface area contributed by atoms with Crippen LogP contribution in [0.4, 0.5) is 10.5 Å². The number of carbonyl (C=O) groups is 1. The van der Waals surface area contributed by atoms with Gasteiger partial charge in [-0.15, -0.1) is 0 Å². The first kappa shape index (κ1) is 14.6. The lowest BCUT2D eigenvalue weighted by Crippen LogP contribution is -2.38. The van der Waals surface area contributed by atoms with Gasteiger partial charge in [0.25, 0.3) is 0 Å². The van der Waals surface area contributed by atoms with Crippen LogP contribution in [0.3, 0.4) is 0 Å². The van der Waals surface area contributed by atoms with E-state index in [9.17, 15) is 4.79 Å². The van der Waals surface area contributed by atoms with Gasteiger partial charge < -0.3 is 5.32 Å². The predicted octanol–water partition coefficient (Wildman–Crippen LogP) is 3.84. The first-order chi connectivity index (χ1) is 9.68. The number of rotatable bonds is 4. The van der Waals surface area contributed by atoms with Gasteiger partial charge in [0.2, 0.25) is 0 Å². The molecular weight excluding hydrogens is 316 g/mol. The van der Waals surface area contributed by atoms with Gasteiger partial charge in [0.15, 0.2) is 0 Å². The molecule has 104 valence electrons. The van der Waals surface area contributed by atoms with E-state index in [0.29, 0.717) is 6.54 Å². The molecule has 1 N–H and O–H groups in total. The van der Waals surface area contributed by atoms with E-state index >= 15 is 0 Å². The molecule has 0 aliphatic carbocycles. The Hall–Kier alpha value is -1.81. The fraction of sp³-hybridized carbons (Fsp3) is 0.188. The Labute approximate surface area is 127 Å². The van der Waals surface area contributed by atoms with E-state index in [-0.39, 0.29) is 6.03 Å². The molecule has 0 spiro atoms. The van der Waals surface area contributed by atoms with Crippen LogP contribution < -0.4 is 10.2 Å². The van der Waals surface area contributed by atoms with Crippen molar-refractivity contribution in [2.75, 3.05) is 18.5 Å². The summed E-state index contributed by atoms with van der Waals surface area (Å²) in [4.78, 5) is 13.6. The van der Waals surface area contributed by atoms with Gasteiger partial charge in [-0.2, -0.15) is 0 Å². The maximum atomic E-state index is 12.0. The fourth-order valence-corrected chi connectivity index (χ4v) is 2.38. The quantitative estimate of drug-likeness (QED) is 0.906. The largest absolute Gasteiger partial charge is 0.337 e. The summed E-state index contributed by atoms with van der Waals surface area (Å²) in [6, 6.07) is 17.5. The number of nitrogens with zero attached hydrogens (tertiary/aromatic N) is 1. The van der Waals surface area contributed by atoms with Crippen molar-refractivity contribution in [2.45, 2.75) is 6.42 Å². The van der Waals surface area contributed by atoms with Gasteiger partial charge in [-0.1, -0.05) is 52.3 Å². The summed E-state index contributed by atoms with van der Waals surface area (Å²) in [7, 11) is 1.77. The van der Waals surface area contributed by atoms with E-state index in [1.165, 1.54) is 5.56 Å². The highest BCUT2D eigenvalue weighted by molar-refractivity contribution is 9.10. The van der Waals surface area contributed by atoms with Crippen molar-refractivity contribution < 1.29 is 4.79 Å². The van der Waals surface area contributed by atoms with Gasteiger partial charge in [0, 0.05) is 23.8 Å². The zero-order chi connectivity index (χ0) is 14.4. The third-order valence-corrected chi connectivity index (χ3v) is 3.85. The molecule has 0 fully saturated rings. The molecule has 2 aromatic carbocycles. The van der Waals surface area contributed by atoms with E-state index in [4.69, 9.17) is 0 Å². The molecule has 0 aliphatic heterocycles. The van der Waals surface area contributed by atoms with E-state index < -0.39 is 0 Å². The monoisotopic (exact) mass is 332 g/mol. The molecule has 0 saturated heterocycles. The van der Waals surface area contributed by atoms with Crippen molar-refractivity contribution in [1.82, 2.24) is 5.32 Å². The molecule has 0 heterocycles. The van der Waals surface area contributed by atoms with Crippen LogP contribution in [0, 0.1) is 0 Å². The first-order valence-corrected chi connectivity index (χ1v) is 7.28. The van der Waals surface area contributed by atoms with E-state index in [2.05, 4.69) is 27.3 Å². The molecule has 0 unspecified atom stereocenters. The Morgan fingerprint density at radius 3 is 2.45 bits per heavy atom. The molecule has 0 aromatic heterocycles. The Kier molecular flexibility index (Phi) is 5.18. The lowest BCUT2D eigenvalue weighted by molar-refractivity contribution is 0.247. The van der Waals surface area contributed by atoms with Crippen LogP contribution in [-0.4, -0.2) is 19.6 Å². The molecule has 2 rings (SSSR count). The number of anilines is 1. The number of urea groups is 1. The average molecular weight is 333 g/mol. The topological polar surface area (TPSA) is 32.3 Å². The second-order valence-electron chi connectivity index (χ2n) is 4.47. The highest BCUT2D eigenvalue weighted by Gasteiger charge is 2.09. The third-order valence-electron chi connectivity index (χ3n) is 3.08. The minimum absolute atomic E-state index is 0.0942. The van der Waals surface area contributed by atoms with Gasteiger partial charge in [-0.3, -0.25) is 4.90 Å². The third kappa shape index (κ3) is 3.84. The highest BCUT2D eigenvalue weighted by Crippen LogP contribution is 2.16. The predicted molar refractivity (Wildman–Crippen MR) is 86.1 cm³/mol. The number of nitrogens with one attached hydrogen (secondary N) is 1. The summed E-state index contributed by atoms with van der Waals surface area (Å²) in [5.41, 5.74) is 2.07. The summed E-state index contributed by atoms with van der Waals surface area (Å²) in [5, 5.41) is 2.92. The Balaban J connectivity index is 1.85. The zero-order valence-corrected chi connectivity index (χ0v) is 12.9. The zero-order valence-electron chi connectivity index (χ0n) is 11.3. The SMILES string of the molecule is CN(C(=O)NCCc1ccccc1Br)c1ccccc1. The van der Waals surface area contributed by atoms with Crippen molar-refractivity contribution >= 4 is 27.6 Å². The van der Waals surface area contributed by atoms with Crippen molar-refractivity contribution in [3.05, 3.63) is 64.6 Å². The van der Waals surface area contributed by atoms with Crippen molar-refractivity contribution in [3.8, 4) is 0 Å². The molecule has 2 amide bonds. The van der Waals surface area contributed by atoms with Gasteiger partial charge in [0.05, 0.1) is 0 Å². The Morgan fingerprint density at radius 2 is 1.75 bits per heavy atom. The van der Waals surface area contributed by atoms with Crippen LogP contribution in [0.15, 0.2) is 59.1 Å². The number of hydrogen-bond donors (Lipinski definition) is 1. The minimum Gasteiger partial charge on any atom is -0.337 e. The van der Waals surface area contributed by atoms with E-state index in [1.54, 1.807) is 11.9 Å². The lowest BCUT2D eigenvalue weighted by atomic mass is 10.1. The second kappa shape index (κ2) is 7.10. The number of carbonyl (C=O) groups excluding carboxylic acids is 1. The summed E-state index contributed by atoms with van der Waals surface area (Å²) >= 11 is 3.51. The van der Waals surface area contributed by atoms with Gasteiger partial charge >= 0.3 is 6.03 Å². The van der Waals surface area contributed by atoms with Crippen molar-refractivity contribution in [3.63, 3.8) is 0 Å². The van der Waals surface area contributed by atoms with E-state index in [0.717, 1.165) is 16.6 Å². The van der Waals surface area contributed by atoms with Crippen LogP contribution in [0.5, 0.6) is 0 Å². The molecule has 0 saturated carbocycles. The van der Waals surface area contributed by atoms with E-state index in [1.807, 2.05) is 48.5 Å². The summed E-state index contributed by atoms with van der Waals surface area (Å²) in [5.74, 6) is 0. The summed E-state index contributed by atoms with van der Waals surface area (Å²) in [6.45, 7) is 0.610. The molecule has 0 aliphatic rings. The van der Waals surface area contributed by atoms with Crippen LogP contribution in [0.1, 0.15) is 5.56 Å². The first-order valence-electron chi connectivity index (χ1n) is 6.48. The molecule has 0 radical (unpaired) electrons. The molecule has 2 aromatic rings. The maximum Gasteiger partial charge on any atom is 0.321 e. The molecule has 20 heavy (non-hydrogen) atoms. The second-order valence-corrected chi connectivity index (χ2v) is 5.32. The number of hydrogen-bond acceptors (Lipinski definition) is 1. The van der Waals surface area contributed by atoms with Crippen LogP contribution in [0.2, 0.25) is 0 Å². The Morgan fingerprint density at radius 1 is 1.10 bits per heavy atom. The highest BCUT2D eigenvalue weighted by atomic mass is 79.9. The molecule has 0 atom stereocenters. The molecular formula is C16H17BrN2O. The van der Waals surface area contributed by atoms with Crippen molar-refractivity contribution in [2.24, 2.45) is 0 Å². The minimum atomic E-state index is -0.0942. The number of benzene rings is 2. The smallest absolute Gasteiger partial charge is 0.321 e. The van der Waals surface area contributed by atoms with Gasteiger partial charge in [-0.05, 0) is 30.2 Å². The normalized spacial score (nSPS) is 10.1. The van der Waals surface area contributed by atoms with Gasteiger partial charge in [0.1, 0.15) is 0 Å². The average Bonchev–Trinajstić information content (AvgIpc) is 2.49.